The quantitative estimate of drug-likeness (QED) is 0.480. The van der Waals surface area contributed by atoms with E-state index in [2.05, 4.69) is 22.2 Å². The first-order valence-electron chi connectivity index (χ1n) is 4.65. The third-order valence-corrected chi connectivity index (χ3v) is 2.81. The maximum Gasteiger partial charge on any atom is 0.201 e. The summed E-state index contributed by atoms with van der Waals surface area (Å²) < 4.78 is 0. The molecule has 0 aromatic carbocycles. The Hall–Kier alpha value is -0.120. The van der Waals surface area contributed by atoms with E-state index in [9.17, 15) is 0 Å². The van der Waals surface area contributed by atoms with E-state index in [1.54, 1.807) is 0 Å². The van der Waals surface area contributed by atoms with Gasteiger partial charge in [-0.1, -0.05) is 0 Å². The lowest BCUT2D eigenvalue weighted by Gasteiger charge is -2.42. The minimum atomic E-state index is 0.664. The zero-order valence-corrected chi connectivity index (χ0v) is 7.29. The van der Waals surface area contributed by atoms with Gasteiger partial charge in [0, 0.05) is 26.1 Å². The number of nitrogens with two attached hydrogens (primary N) is 1. The summed E-state index contributed by atoms with van der Waals surface area (Å²) in [6.45, 7) is 5.21. The van der Waals surface area contributed by atoms with Crippen LogP contribution in [0.3, 0.4) is 0 Å². The van der Waals surface area contributed by atoms with Crippen LogP contribution in [-0.4, -0.2) is 49.3 Å². The minimum Gasteiger partial charge on any atom is -0.318 e. The second-order valence-electron chi connectivity index (χ2n) is 3.66. The topological polar surface area (TPSA) is 23.1 Å². The molecule has 0 amide bonds. The van der Waals surface area contributed by atoms with E-state index in [4.69, 9.17) is 0 Å². The molecule has 0 aromatic rings. The molecule has 0 spiro atoms. The second kappa shape index (κ2) is 3.09. The van der Waals surface area contributed by atoms with Crippen LogP contribution in [-0.2, 0) is 0 Å². The molecule has 2 aliphatic rings. The largest absolute Gasteiger partial charge is 0.318 e. The molecule has 0 radical (unpaired) electrons. The molecule has 0 aliphatic carbocycles. The van der Waals surface area contributed by atoms with Crippen LogP contribution in [0.1, 0.15) is 12.8 Å². The predicted molar refractivity (Wildman–Crippen MR) is 44.0 cm³/mol. The number of quaternary nitrogens is 1. The van der Waals surface area contributed by atoms with Crippen LogP contribution in [0, 0.1) is 0 Å². The first-order chi connectivity index (χ1) is 5.38. The Kier molecular flexibility index (Phi) is 2.11. The lowest BCUT2D eigenvalue weighted by Crippen LogP contribution is -2.99. The van der Waals surface area contributed by atoms with Crippen LogP contribution in [0.15, 0.2) is 0 Å². The van der Waals surface area contributed by atoms with Crippen molar-refractivity contribution in [3.8, 4) is 0 Å². The van der Waals surface area contributed by atoms with Crippen LogP contribution in [0.25, 0.3) is 0 Å². The normalized spacial score (nSPS) is 35.2. The van der Waals surface area contributed by atoms with E-state index in [1.807, 2.05) is 0 Å². The molecule has 2 saturated heterocycles. The fourth-order valence-corrected chi connectivity index (χ4v) is 2.20. The first kappa shape index (κ1) is 7.53. The summed E-state index contributed by atoms with van der Waals surface area (Å²) in [5.74, 6) is 0. The summed E-state index contributed by atoms with van der Waals surface area (Å²) in [6.07, 6.45) is 3.38. The summed E-state index contributed by atoms with van der Waals surface area (Å²) in [6, 6.07) is 0. The molecule has 1 unspecified atom stereocenters. The van der Waals surface area contributed by atoms with Crippen molar-refractivity contribution in [2.75, 3.05) is 33.2 Å². The molecule has 2 rings (SSSR count). The molecule has 1 atom stereocenters. The highest BCUT2D eigenvalue weighted by Gasteiger charge is 2.31. The van der Waals surface area contributed by atoms with Gasteiger partial charge in [-0.25, -0.2) is 9.80 Å². The highest BCUT2D eigenvalue weighted by molar-refractivity contribution is 4.70. The Morgan fingerprint density at radius 2 is 2.00 bits per heavy atom. The van der Waals surface area contributed by atoms with Gasteiger partial charge in [0.2, 0.25) is 6.29 Å². The van der Waals surface area contributed by atoms with Gasteiger partial charge in [-0.3, -0.25) is 0 Å². The number of hydrogen-bond acceptors (Lipinski definition) is 2. The molecule has 2 fully saturated rings. The maximum atomic E-state index is 2.59. The summed E-state index contributed by atoms with van der Waals surface area (Å²) in [5.41, 5.74) is 0. The monoisotopic (exact) mass is 156 g/mol. The summed E-state index contributed by atoms with van der Waals surface area (Å²) >= 11 is 0. The fraction of sp³-hybridized carbons (Fsp3) is 1.00. The van der Waals surface area contributed by atoms with Gasteiger partial charge >= 0.3 is 0 Å². The Morgan fingerprint density at radius 3 is 2.82 bits per heavy atom. The highest BCUT2D eigenvalue weighted by atomic mass is 15.5. The van der Waals surface area contributed by atoms with Gasteiger partial charge < -0.3 is 5.32 Å². The van der Waals surface area contributed by atoms with Gasteiger partial charge in [-0.15, -0.1) is 0 Å². The lowest BCUT2D eigenvalue weighted by atomic mass is 10.2. The minimum absolute atomic E-state index is 0.664. The van der Waals surface area contributed by atoms with E-state index in [1.165, 1.54) is 39.0 Å². The highest BCUT2D eigenvalue weighted by Crippen LogP contribution is 2.09. The van der Waals surface area contributed by atoms with Crippen molar-refractivity contribution < 1.29 is 5.32 Å². The van der Waals surface area contributed by atoms with Crippen molar-refractivity contribution in [2.24, 2.45) is 0 Å². The van der Waals surface area contributed by atoms with Gasteiger partial charge in [0.1, 0.15) is 0 Å². The number of hydrogen-bond donors (Lipinski definition) is 1. The average molecular weight is 156 g/mol. The molecule has 2 aliphatic heterocycles. The van der Waals surface area contributed by atoms with E-state index < -0.39 is 0 Å². The molecule has 64 valence electrons. The van der Waals surface area contributed by atoms with Gasteiger partial charge in [-0.05, 0) is 13.5 Å². The standard InChI is InChI=1S/C8H17N3/c1-10-5-3-7-11-6-2-4-9-8(10)11/h8-9H,2-7H2,1H3/p+1. The second-order valence-corrected chi connectivity index (χ2v) is 3.66. The SMILES string of the molecule is CN1CCCN2CCC[NH2+]C12. The maximum absolute atomic E-state index is 2.59. The van der Waals surface area contributed by atoms with Gasteiger partial charge in [0.15, 0.2) is 0 Å². The summed E-state index contributed by atoms with van der Waals surface area (Å²) in [5, 5.41) is 2.46. The molecule has 3 nitrogen and oxygen atoms in total. The molecule has 0 saturated carbocycles. The number of nitrogens with zero attached hydrogens (tertiary/aromatic N) is 2. The van der Waals surface area contributed by atoms with Crippen LogP contribution < -0.4 is 5.32 Å². The van der Waals surface area contributed by atoms with Gasteiger partial charge in [-0.2, -0.15) is 0 Å². The lowest BCUT2D eigenvalue weighted by molar-refractivity contribution is -0.740. The van der Waals surface area contributed by atoms with Gasteiger partial charge in [0.05, 0.1) is 6.54 Å². The van der Waals surface area contributed by atoms with Crippen LogP contribution in [0.2, 0.25) is 0 Å². The molecule has 0 aromatic heterocycles. The summed E-state index contributed by atoms with van der Waals surface area (Å²) in [7, 11) is 2.23. The zero-order valence-electron chi connectivity index (χ0n) is 7.29. The van der Waals surface area contributed by atoms with Crippen LogP contribution >= 0.6 is 0 Å². The molecule has 2 N–H and O–H groups in total. The molecule has 0 bridgehead atoms. The molecule has 2 heterocycles. The molecule has 3 heteroatoms. The fourth-order valence-electron chi connectivity index (χ4n) is 2.20. The Labute approximate surface area is 68.4 Å². The van der Waals surface area contributed by atoms with Crippen molar-refractivity contribution in [3.05, 3.63) is 0 Å². The Bertz CT molecular complexity index is 135. The Balaban J connectivity index is 1.99. The Morgan fingerprint density at radius 1 is 1.18 bits per heavy atom. The van der Waals surface area contributed by atoms with E-state index in [0.29, 0.717) is 6.29 Å². The number of rotatable bonds is 0. The van der Waals surface area contributed by atoms with E-state index in [-0.39, 0.29) is 0 Å². The molecular formula is C8H18N3+. The van der Waals surface area contributed by atoms with Gasteiger partial charge in [0.25, 0.3) is 0 Å². The van der Waals surface area contributed by atoms with Crippen molar-refractivity contribution in [2.45, 2.75) is 19.1 Å². The first-order valence-corrected chi connectivity index (χ1v) is 4.65. The molecule has 11 heavy (non-hydrogen) atoms. The third-order valence-electron chi connectivity index (χ3n) is 2.81. The van der Waals surface area contributed by atoms with Crippen molar-refractivity contribution in [1.29, 1.82) is 0 Å². The molecular weight excluding hydrogens is 138 g/mol. The van der Waals surface area contributed by atoms with Crippen LogP contribution in [0.5, 0.6) is 0 Å². The number of fused-ring (bicyclic) bond motifs is 1. The third kappa shape index (κ3) is 1.41. The summed E-state index contributed by atoms with van der Waals surface area (Å²) in [4.78, 5) is 5.05. The van der Waals surface area contributed by atoms with Crippen molar-refractivity contribution in [3.63, 3.8) is 0 Å². The van der Waals surface area contributed by atoms with Crippen molar-refractivity contribution in [1.82, 2.24) is 9.80 Å². The van der Waals surface area contributed by atoms with E-state index >= 15 is 0 Å². The smallest absolute Gasteiger partial charge is 0.201 e. The van der Waals surface area contributed by atoms with E-state index in [0.717, 1.165) is 0 Å². The predicted octanol–water partition coefficient (Wildman–Crippen LogP) is -1.13. The van der Waals surface area contributed by atoms with Crippen LogP contribution in [0.4, 0.5) is 0 Å². The van der Waals surface area contributed by atoms with Crippen molar-refractivity contribution >= 4 is 0 Å². The zero-order chi connectivity index (χ0) is 7.68. The average Bonchev–Trinajstić information content (AvgIpc) is 2.06.